The highest BCUT2D eigenvalue weighted by molar-refractivity contribution is 7.22. The van der Waals surface area contributed by atoms with Gasteiger partial charge in [0.15, 0.2) is 10.8 Å². The molecule has 4 rings (SSSR count). The molecule has 9 heteroatoms. The Balaban J connectivity index is 1.55. The molecule has 28 heavy (non-hydrogen) atoms. The second kappa shape index (κ2) is 7.89. The van der Waals surface area contributed by atoms with Crippen molar-refractivity contribution in [2.75, 3.05) is 23.3 Å². The van der Waals surface area contributed by atoms with E-state index >= 15 is 0 Å². The highest BCUT2D eigenvalue weighted by Crippen LogP contribution is 2.29. The minimum Gasteiger partial charge on any atom is -0.348 e. The standard InChI is InChI=1S/C19H20ClN5O2S/c1-12-5-4-8-24(9-12)19-23-17-16(28-19)18(27)25(11-21-17)10-15(26)22-14-7-3-2-6-13(14)20/h2-3,6-7,11-12H,4-5,8-10H2,1H3,(H,22,26). The van der Waals surface area contributed by atoms with E-state index in [1.54, 1.807) is 24.3 Å². The highest BCUT2D eigenvalue weighted by atomic mass is 35.5. The van der Waals surface area contributed by atoms with Gasteiger partial charge in [-0.15, -0.1) is 0 Å². The molecular formula is C19H20ClN5O2S. The van der Waals surface area contributed by atoms with Gasteiger partial charge in [-0.25, -0.2) is 4.98 Å². The zero-order chi connectivity index (χ0) is 19.7. The molecule has 2 aromatic heterocycles. The molecule has 0 radical (unpaired) electrons. The highest BCUT2D eigenvalue weighted by Gasteiger charge is 2.21. The summed E-state index contributed by atoms with van der Waals surface area (Å²) in [5, 5.41) is 3.98. The summed E-state index contributed by atoms with van der Waals surface area (Å²) in [5.41, 5.74) is 0.689. The van der Waals surface area contributed by atoms with E-state index < -0.39 is 0 Å². The zero-order valence-electron chi connectivity index (χ0n) is 15.4. The topological polar surface area (TPSA) is 80.1 Å². The van der Waals surface area contributed by atoms with Crippen LogP contribution in [0.15, 0.2) is 35.4 Å². The maximum absolute atomic E-state index is 12.8. The molecule has 1 fully saturated rings. The number of carbonyl (C=O) groups is 1. The van der Waals surface area contributed by atoms with Crippen LogP contribution in [0.3, 0.4) is 0 Å². The van der Waals surface area contributed by atoms with Crippen LogP contribution in [0.5, 0.6) is 0 Å². The number of thiazole rings is 1. The molecule has 1 saturated heterocycles. The van der Waals surface area contributed by atoms with Crippen LogP contribution < -0.4 is 15.8 Å². The molecule has 1 unspecified atom stereocenters. The van der Waals surface area contributed by atoms with E-state index in [4.69, 9.17) is 11.6 Å². The van der Waals surface area contributed by atoms with Gasteiger partial charge >= 0.3 is 0 Å². The number of piperidine rings is 1. The average Bonchev–Trinajstić information content (AvgIpc) is 3.11. The molecule has 0 bridgehead atoms. The van der Waals surface area contributed by atoms with Crippen LogP contribution in [0.1, 0.15) is 19.8 Å². The number of rotatable bonds is 4. The number of anilines is 2. The number of nitrogens with one attached hydrogen (secondary N) is 1. The van der Waals surface area contributed by atoms with Gasteiger partial charge in [0.2, 0.25) is 5.91 Å². The molecule has 1 N–H and O–H groups in total. The molecule has 1 atom stereocenters. The summed E-state index contributed by atoms with van der Waals surface area (Å²) < 4.78 is 1.77. The first kappa shape index (κ1) is 18.9. The fraction of sp³-hybridized carbons (Fsp3) is 0.368. The summed E-state index contributed by atoms with van der Waals surface area (Å²) in [7, 11) is 0. The van der Waals surface area contributed by atoms with Crippen LogP contribution in [0.4, 0.5) is 10.8 Å². The van der Waals surface area contributed by atoms with Gasteiger partial charge in [-0.2, -0.15) is 4.98 Å². The number of hydrogen-bond acceptors (Lipinski definition) is 6. The smallest absolute Gasteiger partial charge is 0.273 e. The molecule has 3 aromatic rings. The Morgan fingerprint density at radius 2 is 2.21 bits per heavy atom. The monoisotopic (exact) mass is 417 g/mol. The minimum absolute atomic E-state index is 0.138. The van der Waals surface area contributed by atoms with Crippen molar-refractivity contribution in [3.63, 3.8) is 0 Å². The maximum atomic E-state index is 12.8. The second-order valence-electron chi connectivity index (χ2n) is 7.05. The Hall–Kier alpha value is -2.45. The van der Waals surface area contributed by atoms with E-state index in [1.165, 1.54) is 28.7 Å². The third kappa shape index (κ3) is 3.88. The van der Waals surface area contributed by atoms with Gasteiger partial charge in [0.05, 0.1) is 10.7 Å². The number of benzene rings is 1. The largest absolute Gasteiger partial charge is 0.348 e. The SMILES string of the molecule is CC1CCCN(c2nc3ncn(CC(=O)Nc4ccccc4Cl)c(=O)c3s2)C1. The van der Waals surface area contributed by atoms with Gasteiger partial charge in [0, 0.05) is 13.1 Å². The van der Waals surface area contributed by atoms with Crippen molar-refractivity contribution in [1.82, 2.24) is 14.5 Å². The van der Waals surface area contributed by atoms with Crippen molar-refractivity contribution in [1.29, 1.82) is 0 Å². The summed E-state index contributed by atoms with van der Waals surface area (Å²) in [5.74, 6) is 0.268. The van der Waals surface area contributed by atoms with Gasteiger partial charge in [-0.3, -0.25) is 14.2 Å². The molecule has 3 heterocycles. The molecule has 7 nitrogen and oxygen atoms in total. The molecule has 0 aliphatic carbocycles. The van der Waals surface area contributed by atoms with Gasteiger partial charge < -0.3 is 10.2 Å². The van der Waals surface area contributed by atoms with E-state index in [-0.39, 0.29) is 18.0 Å². The van der Waals surface area contributed by atoms with Crippen molar-refractivity contribution in [2.24, 2.45) is 5.92 Å². The molecule has 0 saturated carbocycles. The third-order valence-electron chi connectivity index (χ3n) is 4.76. The Labute approximate surface area is 171 Å². The lowest BCUT2D eigenvalue weighted by atomic mass is 10.0. The van der Waals surface area contributed by atoms with E-state index in [0.717, 1.165) is 24.6 Å². The number of aromatic nitrogens is 3. The lowest BCUT2D eigenvalue weighted by Gasteiger charge is -2.30. The summed E-state index contributed by atoms with van der Waals surface area (Å²) in [6, 6.07) is 6.96. The summed E-state index contributed by atoms with van der Waals surface area (Å²) >= 11 is 7.41. The molecule has 146 valence electrons. The van der Waals surface area contributed by atoms with Gasteiger partial charge in [-0.1, -0.05) is 42.0 Å². The fourth-order valence-electron chi connectivity index (χ4n) is 3.35. The molecule has 1 aliphatic heterocycles. The third-order valence-corrected chi connectivity index (χ3v) is 6.18. The van der Waals surface area contributed by atoms with Crippen molar-refractivity contribution in [3.05, 3.63) is 46.0 Å². The Bertz CT molecular complexity index is 1080. The molecule has 1 aromatic carbocycles. The first-order valence-corrected chi connectivity index (χ1v) is 10.4. The second-order valence-corrected chi connectivity index (χ2v) is 8.43. The van der Waals surface area contributed by atoms with E-state index in [0.29, 0.717) is 27.0 Å². The Morgan fingerprint density at radius 1 is 1.39 bits per heavy atom. The van der Waals surface area contributed by atoms with Crippen LogP contribution in [0.2, 0.25) is 5.02 Å². The van der Waals surface area contributed by atoms with Gasteiger partial charge in [0.25, 0.3) is 5.56 Å². The summed E-state index contributed by atoms with van der Waals surface area (Å²) in [6.07, 6.45) is 3.71. The van der Waals surface area contributed by atoms with E-state index in [2.05, 4.69) is 27.1 Å². The normalized spacial score (nSPS) is 17.1. The van der Waals surface area contributed by atoms with Crippen LogP contribution >= 0.6 is 22.9 Å². The lowest BCUT2D eigenvalue weighted by Crippen LogP contribution is -2.34. The molecule has 1 amide bonds. The number of amides is 1. The van der Waals surface area contributed by atoms with Gasteiger partial charge in [0.1, 0.15) is 17.6 Å². The van der Waals surface area contributed by atoms with Crippen LogP contribution in [-0.4, -0.2) is 33.5 Å². The average molecular weight is 418 g/mol. The number of hydrogen-bond donors (Lipinski definition) is 1. The van der Waals surface area contributed by atoms with Gasteiger partial charge in [-0.05, 0) is 30.9 Å². The molecule has 0 spiro atoms. The number of fused-ring (bicyclic) bond motifs is 1. The first-order chi connectivity index (χ1) is 13.5. The molecule has 1 aliphatic rings. The van der Waals surface area contributed by atoms with Crippen molar-refractivity contribution in [2.45, 2.75) is 26.3 Å². The van der Waals surface area contributed by atoms with Crippen molar-refractivity contribution in [3.8, 4) is 0 Å². The number of carbonyl (C=O) groups excluding carboxylic acids is 1. The van der Waals surface area contributed by atoms with E-state index in [9.17, 15) is 9.59 Å². The first-order valence-electron chi connectivity index (χ1n) is 9.16. The Kier molecular flexibility index (Phi) is 5.32. The number of para-hydroxylation sites is 1. The number of halogens is 1. The van der Waals surface area contributed by atoms with Crippen LogP contribution in [0.25, 0.3) is 10.3 Å². The number of nitrogens with zero attached hydrogens (tertiary/aromatic N) is 4. The summed E-state index contributed by atoms with van der Waals surface area (Å²) in [4.78, 5) is 36.2. The van der Waals surface area contributed by atoms with E-state index in [1.807, 2.05) is 0 Å². The minimum atomic E-state index is -0.342. The summed E-state index contributed by atoms with van der Waals surface area (Å²) in [6.45, 7) is 3.97. The van der Waals surface area contributed by atoms with Crippen molar-refractivity contribution >= 4 is 50.0 Å². The zero-order valence-corrected chi connectivity index (χ0v) is 17.0. The lowest BCUT2D eigenvalue weighted by molar-refractivity contribution is -0.116. The predicted octanol–water partition coefficient (Wildman–Crippen LogP) is 3.38. The van der Waals surface area contributed by atoms with Crippen LogP contribution in [-0.2, 0) is 11.3 Å². The van der Waals surface area contributed by atoms with Crippen molar-refractivity contribution < 1.29 is 4.79 Å². The molecular weight excluding hydrogens is 398 g/mol. The van der Waals surface area contributed by atoms with Crippen LogP contribution in [0, 0.1) is 5.92 Å². The predicted molar refractivity (Wildman–Crippen MR) is 112 cm³/mol. The maximum Gasteiger partial charge on any atom is 0.273 e. The Morgan fingerprint density at radius 3 is 3.00 bits per heavy atom. The fourth-order valence-corrected chi connectivity index (χ4v) is 4.54. The quantitative estimate of drug-likeness (QED) is 0.703.